The van der Waals surface area contributed by atoms with Gasteiger partial charge in [0.1, 0.15) is 10.6 Å². The number of aromatic nitrogens is 2. The van der Waals surface area contributed by atoms with Crippen LogP contribution in [-0.4, -0.2) is 15.9 Å². The number of rotatable bonds is 3. The molecule has 2 N–H and O–H groups in total. The molecule has 0 atom stereocenters. The Kier molecular flexibility index (Phi) is 4.24. The van der Waals surface area contributed by atoms with E-state index in [-0.39, 0.29) is 16.4 Å². The summed E-state index contributed by atoms with van der Waals surface area (Å²) in [5.41, 5.74) is 1.54. The first kappa shape index (κ1) is 16.4. The number of fused-ring (bicyclic) bond motifs is 1. The third-order valence-electron chi connectivity index (χ3n) is 3.75. The molecule has 3 aromatic rings. The van der Waals surface area contributed by atoms with Gasteiger partial charge in [0.15, 0.2) is 0 Å². The minimum absolute atomic E-state index is 0.0196. The van der Waals surface area contributed by atoms with Crippen molar-refractivity contribution in [2.75, 3.05) is 0 Å². The summed E-state index contributed by atoms with van der Waals surface area (Å²) in [6, 6.07) is 7.14. The van der Waals surface area contributed by atoms with Gasteiger partial charge in [-0.3, -0.25) is 9.59 Å². The molecule has 0 radical (unpaired) electrons. The first-order valence-corrected chi connectivity index (χ1v) is 8.58. The van der Waals surface area contributed by atoms with E-state index < -0.39 is 5.91 Å². The van der Waals surface area contributed by atoms with Crippen LogP contribution in [0.2, 0.25) is 0 Å². The molecule has 0 unspecified atom stereocenters. The largest absolute Gasteiger partial charge is 0.360 e. The van der Waals surface area contributed by atoms with Gasteiger partial charge in [-0.1, -0.05) is 32.9 Å². The predicted octanol–water partition coefficient (Wildman–Crippen LogP) is 3.21. The number of nitrogens with zero attached hydrogens (tertiary/aromatic N) is 1. The number of hydrogen-bond donors (Lipinski definition) is 2. The maximum atomic E-state index is 12.4. The fourth-order valence-electron chi connectivity index (χ4n) is 2.32. The Balaban J connectivity index is 1.77. The minimum Gasteiger partial charge on any atom is -0.360 e. The van der Waals surface area contributed by atoms with Crippen LogP contribution < -0.4 is 10.7 Å². The number of amides is 1. The first-order chi connectivity index (χ1) is 11.4. The minimum atomic E-state index is -0.394. The number of carbonyl (C=O) groups is 1. The van der Waals surface area contributed by atoms with Crippen LogP contribution >= 0.6 is 11.3 Å². The Morgan fingerprint density at radius 3 is 2.75 bits per heavy atom. The smallest absolute Gasteiger partial charge is 0.257 e. The monoisotopic (exact) mass is 341 g/mol. The molecule has 0 bridgehead atoms. The fraction of sp³-hybridized carbons (Fsp3) is 0.278. The van der Waals surface area contributed by atoms with Crippen LogP contribution in [-0.2, 0) is 12.0 Å². The molecule has 124 valence electrons. The van der Waals surface area contributed by atoms with Crippen LogP contribution in [0.25, 0.3) is 10.9 Å². The Bertz CT molecular complexity index is 951. The van der Waals surface area contributed by atoms with E-state index in [0.717, 1.165) is 10.7 Å². The van der Waals surface area contributed by atoms with Crippen molar-refractivity contribution in [1.29, 1.82) is 0 Å². The SMILES string of the molecule is CC(C)(C)c1csc(CNC(=O)c2c[nH]c3ccccc3c2=O)n1. The molecule has 3 rings (SSSR count). The Hall–Kier alpha value is -2.47. The summed E-state index contributed by atoms with van der Waals surface area (Å²) in [5, 5.41) is 6.11. The van der Waals surface area contributed by atoms with Gasteiger partial charge < -0.3 is 10.3 Å². The van der Waals surface area contributed by atoms with Crippen molar-refractivity contribution in [3.05, 3.63) is 62.3 Å². The summed E-state index contributed by atoms with van der Waals surface area (Å²) in [5.74, 6) is -0.394. The molecule has 1 aromatic carbocycles. The number of thiazole rings is 1. The van der Waals surface area contributed by atoms with Gasteiger partial charge in [-0.25, -0.2) is 4.98 Å². The van der Waals surface area contributed by atoms with Gasteiger partial charge in [0, 0.05) is 27.9 Å². The highest BCUT2D eigenvalue weighted by Gasteiger charge is 2.18. The maximum absolute atomic E-state index is 12.4. The molecule has 2 heterocycles. The molecule has 6 heteroatoms. The molecule has 0 fully saturated rings. The van der Waals surface area contributed by atoms with Crippen LogP contribution in [0.5, 0.6) is 0 Å². The third kappa shape index (κ3) is 3.23. The third-order valence-corrected chi connectivity index (χ3v) is 4.60. The van der Waals surface area contributed by atoms with Crippen molar-refractivity contribution >= 4 is 28.1 Å². The number of para-hydroxylation sites is 1. The average molecular weight is 341 g/mol. The summed E-state index contributed by atoms with van der Waals surface area (Å²) in [7, 11) is 0. The Morgan fingerprint density at radius 1 is 1.29 bits per heavy atom. The quantitative estimate of drug-likeness (QED) is 0.768. The molecule has 5 nitrogen and oxygen atoms in total. The Labute approximate surface area is 143 Å². The molecule has 24 heavy (non-hydrogen) atoms. The second kappa shape index (κ2) is 6.20. The molecule has 2 aromatic heterocycles. The zero-order valence-corrected chi connectivity index (χ0v) is 14.7. The summed E-state index contributed by atoms with van der Waals surface area (Å²) >= 11 is 1.51. The van der Waals surface area contributed by atoms with Crippen molar-refractivity contribution in [2.45, 2.75) is 32.7 Å². The van der Waals surface area contributed by atoms with Gasteiger partial charge in [-0.05, 0) is 12.1 Å². The van der Waals surface area contributed by atoms with Crippen molar-refractivity contribution in [2.24, 2.45) is 0 Å². The number of nitrogens with one attached hydrogen (secondary N) is 2. The summed E-state index contributed by atoms with van der Waals surface area (Å²) in [6.45, 7) is 6.60. The lowest BCUT2D eigenvalue weighted by molar-refractivity contribution is 0.0949. The molecule has 1 amide bonds. The second-order valence-electron chi connectivity index (χ2n) is 6.64. The first-order valence-electron chi connectivity index (χ1n) is 7.70. The van der Waals surface area contributed by atoms with Gasteiger partial charge in [-0.15, -0.1) is 11.3 Å². The van der Waals surface area contributed by atoms with Crippen LogP contribution in [0, 0.1) is 0 Å². The van der Waals surface area contributed by atoms with Crippen molar-refractivity contribution in [1.82, 2.24) is 15.3 Å². The highest BCUT2D eigenvalue weighted by molar-refractivity contribution is 7.09. The number of H-pyrrole nitrogens is 1. The van der Waals surface area contributed by atoms with E-state index in [0.29, 0.717) is 17.4 Å². The average Bonchev–Trinajstić information content (AvgIpc) is 3.02. The highest BCUT2D eigenvalue weighted by Crippen LogP contribution is 2.23. The lowest BCUT2D eigenvalue weighted by Crippen LogP contribution is -2.28. The number of carbonyl (C=O) groups excluding carboxylic acids is 1. The summed E-state index contributed by atoms with van der Waals surface area (Å²) in [6.07, 6.45) is 1.46. The summed E-state index contributed by atoms with van der Waals surface area (Å²) < 4.78 is 0. The Morgan fingerprint density at radius 2 is 2.04 bits per heavy atom. The standard InChI is InChI=1S/C18H19N3O2S/c1-18(2,3)14-10-24-15(21-14)9-20-17(23)12-8-19-13-7-5-4-6-11(13)16(12)22/h4-8,10H,9H2,1-3H3,(H,19,22)(H,20,23). The zero-order chi connectivity index (χ0) is 17.3. The van der Waals surface area contributed by atoms with Crippen molar-refractivity contribution in [3.63, 3.8) is 0 Å². The summed E-state index contributed by atoms with van der Waals surface area (Å²) in [4.78, 5) is 32.3. The van der Waals surface area contributed by atoms with E-state index >= 15 is 0 Å². The van der Waals surface area contributed by atoms with E-state index in [1.165, 1.54) is 17.5 Å². The molecule has 0 spiro atoms. The number of hydrogen-bond acceptors (Lipinski definition) is 4. The topological polar surface area (TPSA) is 74.8 Å². The van der Waals surface area contributed by atoms with E-state index in [2.05, 4.69) is 36.1 Å². The zero-order valence-electron chi connectivity index (χ0n) is 13.8. The number of pyridine rings is 1. The van der Waals surface area contributed by atoms with Crippen LogP contribution in [0.1, 0.15) is 41.8 Å². The van der Waals surface area contributed by atoms with Crippen molar-refractivity contribution in [3.8, 4) is 0 Å². The second-order valence-corrected chi connectivity index (χ2v) is 7.58. The molecule has 0 saturated heterocycles. The van der Waals surface area contributed by atoms with Gasteiger partial charge in [0.2, 0.25) is 5.43 Å². The molecule has 0 aliphatic rings. The molecule has 0 saturated carbocycles. The van der Waals surface area contributed by atoms with Crippen LogP contribution in [0.3, 0.4) is 0 Å². The van der Waals surface area contributed by atoms with Crippen molar-refractivity contribution < 1.29 is 4.79 Å². The van der Waals surface area contributed by atoms with E-state index in [1.54, 1.807) is 12.1 Å². The molecule has 0 aliphatic heterocycles. The number of aromatic amines is 1. The van der Waals surface area contributed by atoms with E-state index in [4.69, 9.17) is 0 Å². The van der Waals surface area contributed by atoms with Crippen LogP contribution in [0.4, 0.5) is 0 Å². The lowest BCUT2D eigenvalue weighted by Gasteiger charge is -2.14. The van der Waals surface area contributed by atoms with Gasteiger partial charge in [-0.2, -0.15) is 0 Å². The van der Waals surface area contributed by atoms with E-state index in [9.17, 15) is 9.59 Å². The van der Waals surface area contributed by atoms with Gasteiger partial charge >= 0.3 is 0 Å². The molecular formula is C18H19N3O2S. The molecular weight excluding hydrogens is 322 g/mol. The van der Waals surface area contributed by atoms with E-state index in [1.807, 2.05) is 17.5 Å². The lowest BCUT2D eigenvalue weighted by atomic mass is 9.93. The maximum Gasteiger partial charge on any atom is 0.257 e. The van der Waals surface area contributed by atoms with Gasteiger partial charge in [0.25, 0.3) is 5.91 Å². The predicted molar refractivity (Wildman–Crippen MR) is 96.6 cm³/mol. The molecule has 0 aliphatic carbocycles. The van der Waals surface area contributed by atoms with Crippen LogP contribution in [0.15, 0.2) is 40.6 Å². The normalized spacial score (nSPS) is 11.6. The number of benzene rings is 1. The van der Waals surface area contributed by atoms with Gasteiger partial charge in [0.05, 0.1) is 12.2 Å². The fourth-order valence-corrected chi connectivity index (χ4v) is 3.28. The highest BCUT2D eigenvalue weighted by atomic mass is 32.1.